The van der Waals surface area contributed by atoms with E-state index in [0.717, 1.165) is 0 Å². The van der Waals surface area contributed by atoms with E-state index in [-0.39, 0.29) is 6.61 Å². The molecule has 2 aromatic heterocycles. The molecule has 0 saturated carbocycles. The average Bonchev–Trinajstić information content (AvgIpc) is 2.80. The van der Waals surface area contributed by atoms with Gasteiger partial charge in [-0.2, -0.15) is 4.98 Å². The molecule has 0 aliphatic rings. The van der Waals surface area contributed by atoms with Gasteiger partial charge in [0, 0.05) is 0 Å². The second-order valence-electron chi connectivity index (χ2n) is 2.67. The number of hydrogen-bond acceptors (Lipinski definition) is 6. The van der Waals surface area contributed by atoms with Gasteiger partial charge in [-0.15, -0.1) is 0 Å². The Morgan fingerprint density at radius 3 is 2.93 bits per heavy atom. The first-order valence-electron chi connectivity index (χ1n) is 4.18. The van der Waals surface area contributed by atoms with Crippen molar-refractivity contribution in [3.05, 3.63) is 36.2 Å². The van der Waals surface area contributed by atoms with E-state index < -0.39 is 0 Å². The molecule has 0 atom stereocenters. The van der Waals surface area contributed by atoms with Gasteiger partial charge in [-0.3, -0.25) is 4.79 Å². The van der Waals surface area contributed by atoms with Crippen molar-refractivity contribution in [1.29, 1.82) is 0 Å². The van der Waals surface area contributed by atoms with Crippen molar-refractivity contribution in [2.45, 2.75) is 6.61 Å². The molecule has 15 heavy (non-hydrogen) atoms. The number of aromatic nitrogens is 3. The second kappa shape index (κ2) is 4.32. The summed E-state index contributed by atoms with van der Waals surface area (Å²) in [6.45, 7) is 0.207. The smallest absolute Gasteiger partial charge is 0.213 e. The van der Waals surface area contributed by atoms with E-state index in [0.29, 0.717) is 23.6 Å². The standard InChI is InChI=1S/C9H7N3O3/c13-4-7-1-2-8(3-10-7)14-5-9-11-6-15-12-9/h1-4,6H,5H2. The molecule has 2 rings (SSSR count). The summed E-state index contributed by atoms with van der Waals surface area (Å²) in [5, 5.41) is 3.58. The molecule has 0 amide bonds. The first-order valence-corrected chi connectivity index (χ1v) is 4.18. The predicted molar refractivity (Wildman–Crippen MR) is 48.3 cm³/mol. The van der Waals surface area contributed by atoms with E-state index in [1.165, 1.54) is 12.6 Å². The summed E-state index contributed by atoms with van der Waals surface area (Å²) in [5.41, 5.74) is 0.363. The molecule has 0 unspecified atom stereocenters. The van der Waals surface area contributed by atoms with Gasteiger partial charge in [0.05, 0.1) is 6.20 Å². The third-order valence-electron chi connectivity index (χ3n) is 1.65. The second-order valence-corrected chi connectivity index (χ2v) is 2.67. The number of hydrogen-bond donors (Lipinski definition) is 0. The number of rotatable bonds is 4. The largest absolute Gasteiger partial charge is 0.484 e. The van der Waals surface area contributed by atoms with Gasteiger partial charge in [-0.05, 0) is 12.1 Å². The lowest BCUT2D eigenvalue weighted by molar-refractivity contribution is 0.111. The lowest BCUT2D eigenvalue weighted by atomic mass is 10.4. The first-order chi connectivity index (χ1) is 7.38. The summed E-state index contributed by atoms with van der Waals surface area (Å²) in [7, 11) is 0. The minimum Gasteiger partial charge on any atom is -0.484 e. The molecule has 2 heterocycles. The van der Waals surface area contributed by atoms with E-state index in [9.17, 15) is 4.79 Å². The molecule has 2 aromatic rings. The Kier molecular flexibility index (Phi) is 2.68. The molecule has 6 heteroatoms. The van der Waals surface area contributed by atoms with E-state index in [2.05, 4.69) is 19.6 Å². The van der Waals surface area contributed by atoms with Crippen LogP contribution in [0.2, 0.25) is 0 Å². The highest BCUT2D eigenvalue weighted by molar-refractivity contribution is 5.71. The molecule has 0 aliphatic carbocycles. The fourth-order valence-corrected chi connectivity index (χ4v) is 0.951. The molecule has 76 valence electrons. The fraction of sp³-hybridized carbons (Fsp3) is 0.111. The Morgan fingerprint density at radius 2 is 2.33 bits per heavy atom. The maximum Gasteiger partial charge on any atom is 0.213 e. The molecule has 0 aliphatic heterocycles. The third-order valence-corrected chi connectivity index (χ3v) is 1.65. The fourth-order valence-electron chi connectivity index (χ4n) is 0.951. The minimum absolute atomic E-state index is 0.207. The molecule has 0 fully saturated rings. The summed E-state index contributed by atoms with van der Waals surface area (Å²) in [5.74, 6) is 1.000. The van der Waals surface area contributed by atoms with E-state index in [1.807, 2.05) is 0 Å². The van der Waals surface area contributed by atoms with E-state index >= 15 is 0 Å². The highest BCUT2D eigenvalue weighted by atomic mass is 16.5. The SMILES string of the molecule is O=Cc1ccc(OCc2ncon2)cn1. The van der Waals surface area contributed by atoms with Gasteiger partial charge in [-0.1, -0.05) is 5.16 Å². The first kappa shape index (κ1) is 9.32. The normalized spacial score (nSPS) is 9.87. The Hall–Kier alpha value is -2.24. The number of aldehydes is 1. The van der Waals surface area contributed by atoms with Crippen molar-refractivity contribution < 1.29 is 14.1 Å². The zero-order chi connectivity index (χ0) is 10.5. The highest BCUT2D eigenvalue weighted by Crippen LogP contribution is 2.09. The van der Waals surface area contributed by atoms with Gasteiger partial charge in [-0.25, -0.2) is 4.98 Å². The molecule has 0 bridgehead atoms. The van der Waals surface area contributed by atoms with Gasteiger partial charge in [0.1, 0.15) is 11.4 Å². The van der Waals surface area contributed by atoms with Crippen molar-refractivity contribution in [2.75, 3.05) is 0 Å². The number of carbonyl (C=O) groups excluding carboxylic acids is 1. The quantitative estimate of drug-likeness (QED) is 0.688. The van der Waals surface area contributed by atoms with Gasteiger partial charge in [0.2, 0.25) is 12.2 Å². The van der Waals surface area contributed by atoms with Crippen molar-refractivity contribution in [2.24, 2.45) is 0 Å². The molecular weight excluding hydrogens is 198 g/mol. The Labute approximate surface area is 84.9 Å². The maximum atomic E-state index is 10.3. The molecule has 0 saturated heterocycles. The van der Waals surface area contributed by atoms with Crippen LogP contribution >= 0.6 is 0 Å². The number of ether oxygens (including phenoxy) is 1. The lowest BCUT2D eigenvalue weighted by Crippen LogP contribution is -1.98. The Bertz CT molecular complexity index is 424. The van der Waals surface area contributed by atoms with Crippen molar-refractivity contribution in [3.63, 3.8) is 0 Å². The lowest BCUT2D eigenvalue weighted by Gasteiger charge is -2.01. The van der Waals surface area contributed by atoms with Crippen molar-refractivity contribution >= 4 is 6.29 Å². The molecule has 0 spiro atoms. The third kappa shape index (κ3) is 2.37. The average molecular weight is 205 g/mol. The molecule has 6 nitrogen and oxygen atoms in total. The summed E-state index contributed by atoms with van der Waals surface area (Å²) < 4.78 is 9.82. The van der Waals surface area contributed by atoms with E-state index in [1.54, 1.807) is 12.1 Å². The van der Waals surface area contributed by atoms with Crippen LogP contribution < -0.4 is 4.74 Å². The zero-order valence-corrected chi connectivity index (χ0v) is 7.66. The molecular formula is C9H7N3O3. The number of carbonyl (C=O) groups is 1. The predicted octanol–water partition coefficient (Wildman–Crippen LogP) is 0.856. The Balaban J connectivity index is 1.96. The summed E-state index contributed by atoms with van der Waals surface area (Å²) in [6.07, 6.45) is 3.36. The van der Waals surface area contributed by atoms with E-state index in [4.69, 9.17) is 4.74 Å². The Morgan fingerprint density at radius 1 is 1.40 bits per heavy atom. The topological polar surface area (TPSA) is 78.1 Å². The summed E-state index contributed by atoms with van der Waals surface area (Å²) in [4.78, 5) is 18.0. The highest BCUT2D eigenvalue weighted by Gasteiger charge is 2.00. The van der Waals surface area contributed by atoms with Gasteiger partial charge >= 0.3 is 0 Å². The van der Waals surface area contributed by atoms with Crippen LogP contribution in [-0.4, -0.2) is 21.4 Å². The van der Waals surface area contributed by atoms with Crippen molar-refractivity contribution in [3.8, 4) is 5.75 Å². The number of pyridine rings is 1. The monoisotopic (exact) mass is 205 g/mol. The van der Waals surface area contributed by atoms with Crippen molar-refractivity contribution in [1.82, 2.24) is 15.1 Å². The van der Waals surface area contributed by atoms with Gasteiger partial charge in [0.15, 0.2) is 12.9 Å². The van der Waals surface area contributed by atoms with Gasteiger partial charge < -0.3 is 9.26 Å². The van der Waals surface area contributed by atoms with Crippen LogP contribution in [0.15, 0.2) is 29.2 Å². The van der Waals surface area contributed by atoms with Crippen LogP contribution in [0.4, 0.5) is 0 Å². The van der Waals surface area contributed by atoms with Crippen LogP contribution in [0.5, 0.6) is 5.75 Å². The number of nitrogens with zero attached hydrogens (tertiary/aromatic N) is 3. The van der Waals surface area contributed by atoms with Crippen LogP contribution in [0.1, 0.15) is 16.3 Å². The maximum absolute atomic E-state index is 10.3. The zero-order valence-electron chi connectivity index (χ0n) is 7.66. The summed E-state index contributed by atoms with van der Waals surface area (Å²) >= 11 is 0. The van der Waals surface area contributed by atoms with Crippen LogP contribution in [0.25, 0.3) is 0 Å². The summed E-state index contributed by atoms with van der Waals surface area (Å²) in [6, 6.07) is 3.22. The molecule has 0 aromatic carbocycles. The van der Waals surface area contributed by atoms with Crippen LogP contribution in [0, 0.1) is 0 Å². The molecule has 0 N–H and O–H groups in total. The van der Waals surface area contributed by atoms with Crippen LogP contribution in [0.3, 0.4) is 0 Å². The minimum atomic E-state index is 0.207. The molecule has 0 radical (unpaired) electrons. The van der Waals surface area contributed by atoms with Crippen LogP contribution in [-0.2, 0) is 6.61 Å². The van der Waals surface area contributed by atoms with Gasteiger partial charge in [0.25, 0.3) is 0 Å².